The maximum atomic E-state index is 11.8. The Hall–Kier alpha value is -0.650. The molecule has 0 aromatic heterocycles. The van der Waals surface area contributed by atoms with Gasteiger partial charge in [0.1, 0.15) is 0 Å². The standard InChI is InChI=1S/C16H31NO4/c1-13(2)15-11-17(12-15)16(18)5-6-19-7-8-20-9-10-21-14(3)4/h13-15H,5-12H2,1-4H3. The van der Waals surface area contributed by atoms with Crippen LogP contribution in [-0.4, -0.2) is 63.0 Å². The largest absolute Gasteiger partial charge is 0.379 e. The van der Waals surface area contributed by atoms with E-state index in [-0.39, 0.29) is 12.0 Å². The van der Waals surface area contributed by atoms with E-state index in [4.69, 9.17) is 14.2 Å². The van der Waals surface area contributed by atoms with Gasteiger partial charge in [0.2, 0.25) is 5.91 Å². The molecule has 5 heteroatoms. The molecule has 0 aromatic rings. The molecule has 124 valence electrons. The number of hydrogen-bond acceptors (Lipinski definition) is 4. The van der Waals surface area contributed by atoms with Gasteiger partial charge < -0.3 is 19.1 Å². The predicted octanol–water partition coefficient (Wildman–Crippen LogP) is 1.95. The highest BCUT2D eigenvalue weighted by Crippen LogP contribution is 2.23. The second-order valence-electron chi connectivity index (χ2n) is 6.20. The molecular formula is C16H31NO4. The van der Waals surface area contributed by atoms with E-state index in [1.54, 1.807) is 0 Å². The van der Waals surface area contributed by atoms with Crippen molar-refractivity contribution in [2.75, 3.05) is 46.1 Å². The van der Waals surface area contributed by atoms with Gasteiger partial charge in [0.15, 0.2) is 0 Å². The van der Waals surface area contributed by atoms with Crippen LogP contribution in [0.5, 0.6) is 0 Å². The van der Waals surface area contributed by atoms with Crippen LogP contribution in [0.25, 0.3) is 0 Å². The van der Waals surface area contributed by atoms with E-state index in [2.05, 4.69) is 13.8 Å². The lowest BCUT2D eigenvalue weighted by atomic mass is 9.88. The zero-order valence-electron chi connectivity index (χ0n) is 14.0. The average Bonchev–Trinajstić information content (AvgIpc) is 2.34. The lowest BCUT2D eigenvalue weighted by Gasteiger charge is -2.41. The molecule has 1 fully saturated rings. The van der Waals surface area contributed by atoms with Gasteiger partial charge in [-0.05, 0) is 25.7 Å². The van der Waals surface area contributed by atoms with Crippen LogP contribution in [0.4, 0.5) is 0 Å². The van der Waals surface area contributed by atoms with Gasteiger partial charge in [-0.2, -0.15) is 0 Å². The third-order valence-electron chi connectivity index (χ3n) is 3.72. The van der Waals surface area contributed by atoms with Crippen LogP contribution in [-0.2, 0) is 19.0 Å². The lowest BCUT2D eigenvalue weighted by molar-refractivity contribution is -0.139. The Morgan fingerprint density at radius 3 is 2.14 bits per heavy atom. The zero-order valence-corrected chi connectivity index (χ0v) is 14.0. The monoisotopic (exact) mass is 301 g/mol. The first-order valence-corrected chi connectivity index (χ1v) is 8.05. The lowest BCUT2D eigenvalue weighted by Crippen LogP contribution is -2.52. The number of hydrogen-bond donors (Lipinski definition) is 0. The van der Waals surface area contributed by atoms with Crippen molar-refractivity contribution in [2.24, 2.45) is 11.8 Å². The topological polar surface area (TPSA) is 48.0 Å². The number of rotatable bonds is 11. The van der Waals surface area contributed by atoms with Gasteiger partial charge in [-0.15, -0.1) is 0 Å². The van der Waals surface area contributed by atoms with Gasteiger partial charge in [-0.3, -0.25) is 4.79 Å². The van der Waals surface area contributed by atoms with Gasteiger partial charge in [-0.1, -0.05) is 13.8 Å². The summed E-state index contributed by atoms with van der Waals surface area (Å²) in [5.41, 5.74) is 0. The van der Waals surface area contributed by atoms with Crippen LogP contribution < -0.4 is 0 Å². The molecule has 1 aliphatic rings. The van der Waals surface area contributed by atoms with Crippen LogP contribution in [0.15, 0.2) is 0 Å². The quantitative estimate of drug-likeness (QED) is 0.547. The molecule has 0 N–H and O–H groups in total. The normalized spacial score (nSPS) is 15.8. The first-order valence-electron chi connectivity index (χ1n) is 8.05. The summed E-state index contributed by atoms with van der Waals surface area (Å²) >= 11 is 0. The first-order chi connectivity index (χ1) is 10.0. The Balaban J connectivity index is 1.85. The molecule has 1 aliphatic heterocycles. The van der Waals surface area contributed by atoms with Crippen molar-refractivity contribution in [1.82, 2.24) is 4.90 Å². The zero-order chi connectivity index (χ0) is 15.7. The van der Waals surface area contributed by atoms with Gasteiger partial charge in [-0.25, -0.2) is 0 Å². The molecule has 1 amide bonds. The molecule has 1 heterocycles. The van der Waals surface area contributed by atoms with Crippen molar-refractivity contribution in [1.29, 1.82) is 0 Å². The Morgan fingerprint density at radius 1 is 1.00 bits per heavy atom. The van der Waals surface area contributed by atoms with Gasteiger partial charge in [0.05, 0.1) is 45.6 Å². The minimum Gasteiger partial charge on any atom is -0.379 e. The van der Waals surface area contributed by atoms with E-state index in [0.717, 1.165) is 13.1 Å². The highest BCUT2D eigenvalue weighted by atomic mass is 16.5. The van der Waals surface area contributed by atoms with Crippen molar-refractivity contribution < 1.29 is 19.0 Å². The molecule has 1 rings (SSSR count). The minimum atomic E-state index is 0.207. The van der Waals surface area contributed by atoms with Crippen LogP contribution >= 0.6 is 0 Å². The predicted molar refractivity (Wildman–Crippen MR) is 82.3 cm³/mol. The third-order valence-corrected chi connectivity index (χ3v) is 3.72. The molecule has 0 atom stereocenters. The van der Waals surface area contributed by atoms with E-state index in [1.807, 2.05) is 18.7 Å². The Morgan fingerprint density at radius 2 is 1.57 bits per heavy atom. The van der Waals surface area contributed by atoms with Gasteiger partial charge in [0.25, 0.3) is 0 Å². The smallest absolute Gasteiger partial charge is 0.224 e. The second-order valence-corrected chi connectivity index (χ2v) is 6.20. The fraction of sp³-hybridized carbons (Fsp3) is 0.938. The van der Waals surface area contributed by atoms with Crippen molar-refractivity contribution in [3.05, 3.63) is 0 Å². The number of carbonyl (C=O) groups is 1. The van der Waals surface area contributed by atoms with E-state index in [9.17, 15) is 4.79 Å². The van der Waals surface area contributed by atoms with E-state index in [0.29, 0.717) is 51.3 Å². The van der Waals surface area contributed by atoms with Crippen LogP contribution in [0.3, 0.4) is 0 Å². The summed E-state index contributed by atoms with van der Waals surface area (Å²) < 4.78 is 16.1. The molecule has 0 aromatic carbocycles. The Labute approximate surface area is 128 Å². The van der Waals surface area contributed by atoms with Crippen molar-refractivity contribution >= 4 is 5.91 Å². The number of carbonyl (C=O) groups excluding carboxylic acids is 1. The molecule has 1 saturated heterocycles. The molecule has 5 nitrogen and oxygen atoms in total. The van der Waals surface area contributed by atoms with Gasteiger partial charge in [0, 0.05) is 13.1 Å². The fourth-order valence-electron chi connectivity index (χ4n) is 2.12. The van der Waals surface area contributed by atoms with E-state index >= 15 is 0 Å². The molecule has 21 heavy (non-hydrogen) atoms. The van der Waals surface area contributed by atoms with Crippen LogP contribution in [0.1, 0.15) is 34.1 Å². The van der Waals surface area contributed by atoms with E-state index < -0.39 is 0 Å². The maximum Gasteiger partial charge on any atom is 0.224 e. The summed E-state index contributed by atoms with van der Waals surface area (Å²) in [6.45, 7) is 13.0. The summed E-state index contributed by atoms with van der Waals surface area (Å²) in [6.07, 6.45) is 0.717. The minimum absolute atomic E-state index is 0.207. The Bertz CT molecular complexity index is 288. The highest BCUT2D eigenvalue weighted by Gasteiger charge is 2.31. The molecule has 0 saturated carbocycles. The van der Waals surface area contributed by atoms with Crippen molar-refractivity contribution in [3.63, 3.8) is 0 Å². The SMILES string of the molecule is CC(C)OCCOCCOCCC(=O)N1CC(C(C)C)C1. The summed E-state index contributed by atoms with van der Waals surface area (Å²) in [5.74, 6) is 1.55. The average molecular weight is 301 g/mol. The van der Waals surface area contributed by atoms with Gasteiger partial charge >= 0.3 is 0 Å². The summed E-state index contributed by atoms with van der Waals surface area (Å²) in [4.78, 5) is 13.8. The molecule has 0 unspecified atom stereocenters. The number of nitrogens with zero attached hydrogens (tertiary/aromatic N) is 1. The maximum absolute atomic E-state index is 11.8. The van der Waals surface area contributed by atoms with Crippen molar-refractivity contribution in [3.8, 4) is 0 Å². The summed E-state index contributed by atoms with van der Waals surface area (Å²) in [5, 5.41) is 0. The number of likely N-dealkylation sites (tertiary alicyclic amines) is 1. The molecule has 0 bridgehead atoms. The van der Waals surface area contributed by atoms with Crippen LogP contribution in [0.2, 0.25) is 0 Å². The fourth-order valence-corrected chi connectivity index (χ4v) is 2.12. The number of amides is 1. The molecule has 0 aliphatic carbocycles. The second kappa shape index (κ2) is 10.1. The number of ether oxygens (including phenoxy) is 3. The Kier molecular flexibility index (Phi) is 8.88. The summed E-state index contributed by atoms with van der Waals surface area (Å²) in [7, 11) is 0. The first kappa shape index (κ1) is 18.4. The molecular weight excluding hydrogens is 270 g/mol. The van der Waals surface area contributed by atoms with Crippen molar-refractivity contribution in [2.45, 2.75) is 40.2 Å². The third kappa shape index (κ3) is 7.79. The summed E-state index contributed by atoms with van der Waals surface area (Å²) in [6, 6.07) is 0. The van der Waals surface area contributed by atoms with Crippen LogP contribution in [0, 0.1) is 11.8 Å². The molecule has 0 spiro atoms. The highest BCUT2D eigenvalue weighted by molar-refractivity contribution is 5.77. The molecule has 0 radical (unpaired) electrons. The van der Waals surface area contributed by atoms with E-state index in [1.165, 1.54) is 0 Å².